The minimum absolute atomic E-state index is 0.0972. The number of aliphatic carboxylic acids is 1. The molecule has 0 aromatic rings. The summed E-state index contributed by atoms with van der Waals surface area (Å²) in [7, 11) is 3.35. The minimum Gasteiger partial charge on any atom is -0.477 e. The Morgan fingerprint density at radius 1 is 1.56 bits per heavy atom. The number of carboxylic acids is 1. The zero-order chi connectivity index (χ0) is 7.44. The summed E-state index contributed by atoms with van der Waals surface area (Å²) in [6, 6.07) is 0. The van der Waals surface area contributed by atoms with Crippen molar-refractivity contribution in [3.05, 3.63) is 0 Å². The zero-order valence-electron chi connectivity index (χ0n) is 5.75. The topological polar surface area (TPSA) is 52.9 Å². The van der Waals surface area contributed by atoms with Gasteiger partial charge >= 0.3 is 5.97 Å². The molecule has 0 bridgehead atoms. The van der Waals surface area contributed by atoms with Gasteiger partial charge in [0, 0.05) is 14.1 Å². The molecule has 0 rings (SSSR count). The van der Waals surface area contributed by atoms with Gasteiger partial charge in [-0.05, 0) is 6.92 Å². The Morgan fingerprint density at radius 3 is 2.11 bits per heavy atom. The number of carboxylic acid groups (broad SMARTS) is 1. The Bertz CT molecular complexity index is 140. The lowest BCUT2D eigenvalue weighted by Crippen LogP contribution is -2.14. The van der Waals surface area contributed by atoms with Gasteiger partial charge in [0.05, 0.1) is 0 Å². The average molecular weight is 130 g/mol. The second-order valence-electron chi connectivity index (χ2n) is 1.84. The quantitative estimate of drug-likeness (QED) is 0.423. The van der Waals surface area contributed by atoms with Crippen molar-refractivity contribution in [2.75, 3.05) is 14.1 Å². The van der Waals surface area contributed by atoms with Gasteiger partial charge in [-0.3, -0.25) is 0 Å². The van der Waals surface area contributed by atoms with Crippen molar-refractivity contribution in [1.29, 1.82) is 0 Å². The molecule has 0 aliphatic carbocycles. The summed E-state index contributed by atoms with van der Waals surface area (Å²) in [5.41, 5.74) is 0.0972. The normalized spacial score (nSPS) is 11.2. The van der Waals surface area contributed by atoms with E-state index >= 15 is 0 Å². The van der Waals surface area contributed by atoms with E-state index in [0.29, 0.717) is 0 Å². The molecule has 0 atom stereocenters. The molecule has 0 aliphatic rings. The highest BCUT2D eigenvalue weighted by Crippen LogP contribution is 1.80. The van der Waals surface area contributed by atoms with Crippen molar-refractivity contribution < 1.29 is 9.90 Å². The molecule has 52 valence electrons. The maximum Gasteiger partial charge on any atom is 0.351 e. The third kappa shape index (κ3) is 3.52. The van der Waals surface area contributed by atoms with E-state index < -0.39 is 5.97 Å². The van der Waals surface area contributed by atoms with E-state index in [1.807, 2.05) is 0 Å². The largest absolute Gasteiger partial charge is 0.477 e. The van der Waals surface area contributed by atoms with Crippen LogP contribution in [0.1, 0.15) is 6.92 Å². The Labute approximate surface area is 53.8 Å². The van der Waals surface area contributed by atoms with Crippen LogP contribution in [-0.2, 0) is 4.79 Å². The van der Waals surface area contributed by atoms with Crippen LogP contribution in [0, 0.1) is 0 Å². The van der Waals surface area contributed by atoms with Gasteiger partial charge in [0.25, 0.3) is 0 Å². The Hall–Kier alpha value is -1.06. The van der Waals surface area contributed by atoms with E-state index in [0.717, 1.165) is 0 Å². The molecule has 4 nitrogen and oxygen atoms in total. The van der Waals surface area contributed by atoms with Gasteiger partial charge in [-0.25, -0.2) is 4.79 Å². The predicted octanol–water partition coefficient (Wildman–Crippen LogP) is 0.00850. The van der Waals surface area contributed by atoms with Gasteiger partial charge in [0.1, 0.15) is 5.71 Å². The van der Waals surface area contributed by atoms with Crippen LogP contribution in [0.15, 0.2) is 5.10 Å². The maximum atomic E-state index is 10.1. The number of nitrogens with zero attached hydrogens (tertiary/aromatic N) is 2. The Morgan fingerprint density at radius 2 is 2.00 bits per heavy atom. The fraction of sp³-hybridized carbons (Fsp3) is 0.600. The first-order valence-corrected chi connectivity index (χ1v) is 2.50. The molecular formula is C5H10N2O2. The van der Waals surface area contributed by atoms with Gasteiger partial charge in [0.2, 0.25) is 0 Å². The van der Waals surface area contributed by atoms with Crippen molar-refractivity contribution in [2.45, 2.75) is 6.92 Å². The molecule has 1 N–H and O–H groups in total. The number of rotatable bonds is 2. The van der Waals surface area contributed by atoms with Crippen LogP contribution in [0.3, 0.4) is 0 Å². The third-order valence-corrected chi connectivity index (χ3v) is 0.660. The van der Waals surface area contributed by atoms with E-state index in [4.69, 9.17) is 5.11 Å². The van der Waals surface area contributed by atoms with Gasteiger partial charge in [-0.15, -0.1) is 0 Å². The van der Waals surface area contributed by atoms with E-state index in [1.165, 1.54) is 11.9 Å². The summed E-state index contributed by atoms with van der Waals surface area (Å²) in [6.45, 7) is 1.45. The smallest absolute Gasteiger partial charge is 0.351 e. The first-order chi connectivity index (χ1) is 4.04. The van der Waals surface area contributed by atoms with E-state index in [1.54, 1.807) is 14.1 Å². The molecule has 0 amide bonds. The van der Waals surface area contributed by atoms with Crippen LogP contribution in [0.2, 0.25) is 0 Å². The lowest BCUT2D eigenvalue weighted by Gasteiger charge is -2.02. The average Bonchev–Trinajstić information content (AvgIpc) is 1.63. The number of hydrogen-bond donors (Lipinski definition) is 1. The molecule has 0 aromatic carbocycles. The zero-order valence-corrected chi connectivity index (χ0v) is 5.75. The molecule has 0 fully saturated rings. The third-order valence-electron chi connectivity index (χ3n) is 0.660. The monoisotopic (exact) mass is 130 g/mol. The summed E-state index contributed by atoms with van der Waals surface area (Å²) in [4.78, 5) is 10.1. The van der Waals surface area contributed by atoms with E-state index in [2.05, 4.69) is 5.10 Å². The molecule has 0 unspecified atom stereocenters. The molecular weight excluding hydrogens is 120 g/mol. The van der Waals surface area contributed by atoms with E-state index in [9.17, 15) is 4.79 Å². The highest BCUT2D eigenvalue weighted by molar-refractivity contribution is 6.34. The fourth-order valence-electron chi connectivity index (χ4n) is 0.343. The Balaban J connectivity index is 4.00. The van der Waals surface area contributed by atoms with Crippen LogP contribution in [-0.4, -0.2) is 35.9 Å². The Kier molecular flexibility index (Phi) is 2.70. The maximum absolute atomic E-state index is 10.1. The van der Waals surface area contributed by atoms with Gasteiger partial charge in [0.15, 0.2) is 0 Å². The van der Waals surface area contributed by atoms with Crippen LogP contribution in [0.5, 0.6) is 0 Å². The molecule has 9 heavy (non-hydrogen) atoms. The lowest BCUT2D eigenvalue weighted by molar-refractivity contribution is -0.129. The molecule has 4 heteroatoms. The van der Waals surface area contributed by atoms with Crippen LogP contribution in [0.25, 0.3) is 0 Å². The molecule has 0 radical (unpaired) electrons. The number of hydrazone groups is 1. The lowest BCUT2D eigenvalue weighted by atomic mass is 10.4. The van der Waals surface area contributed by atoms with Gasteiger partial charge in [-0.1, -0.05) is 0 Å². The molecule has 0 saturated heterocycles. The molecule has 0 spiro atoms. The highest BCUT2D eigenvalue weighted by atomic mass is 16.4. The van der Waals surface area contributed by atoms with E-state index in [-0.39, 0.29) is 5.71 Å². The summed E-state index contributed by atoms with van der Waals surface area (Å²) in [6.07, 6.45) is 0. The standard InChI is InChI=1S/C5H10N2O2/c1-4(5(8)9)6-7(2)3/h1-3H3,(H,8,9)/b6-4-. The van der Waals surface area contributed by atoms with Crippen molar-refractivity contribution in [2.24, 2.45) is 5.10 Å². The molecule has 0 aliphatic heterocycles. The van der Waals surface area contributed by atoms with Crippen LogP contribution < -0.4 is 0 Å². The molecule has 0 heterocycles. The number of hydrogen-bond acceptors (Lipinski definition) is 3. The van der Waals surface area contributed by atoms with Crippen molar-refractivity contribution >= 4 is 11.7 Å². The highest BCUT2D eigenvalue weighted by Gasteiger charge is 1.99. The number of carbonyl (C=O) groups is 1. The summed E-state index contributed by atoms with van der Waals surface area (Å²) in [5, 5.41) is 13.3. The van der Waals surface area contributed by atoms with Crippen LogP contribution >= 0.6 is 0 Å². The second kappa shape index (κ2) is 3.06. The summed E-state index contributed by atoms with van der Waals surface area (Å²) < 4.78 is 0. The first-order valence-electron chi connectivity index (χ1n) is 2.50. The van der Waals surface area contributed by atoms with Gasteiger partial charge < -0.3 is 10.1 Å². The second-order valence-corrected chi connectivity index (χ2v) is 1.84. The summed E-state index contributed by atoms with van der Waals surface area (Å²) >= 11 is 0. The van der Waals surface area contributed by atoms with Crippen molar-refractivity contribution in [3.8, 4) is 0 Å². The molecule has 0 saturated carbocycles. The SMILES string of the molecule is C/C(=N/N(C)C)C(=O)O. The fourth-order valence-corrected chi connectivity index (χ4v) is 0.343. The van der Waals surface area contributed by atoms with Crippen LogP contribution in [0.4, 0.5) is 0 Å². The van der Waals surface area contributed by atoms with Gasteiger partial charge in [-0.2, -0.15) is 5.10 Å². The summed E-state index contributed by atoms with van der Waals surface area (Å²) in [5.74, 6) is -0.983. The predicted molar refractivity (Wildman–Crippen MR) is 34.4 cm³/mol. The molecule has 0 aromatic heterocycles. The van der Waals surface area contributed by atoms with Crippen molar-refractivity contribution in [3.63, 3.8) is 0 Å². The van der Waals surface area contributed by atoms with Crippen molar-refractivity contribution in [1.82, 2.24) is 5.01 Å². The minimum atomic E-state index is -0.983. The first kappa shape index (κ1) is 7.94.